The number of nitrogens with one attached hydrogen (secondary N) is 2. The molecular formula is C18H21FN4O4. The molecule has 1 atom stereocenters. The van der Waals surface area contributed by atoms with E-state index < -0.39 is 11.8 Å². The number of benzene rings is 1. The summed E-state index contributed by atoms with van der Waals surface area (Å²) in [5.74, 6) is -1.24. The van der Waals surface area contributed by atoms with E-state index in [1.165, 1.54) is 18.2 Å². The molecule has 1 saturated heterocycles. The third kappa shape index (κ3) is 5.11. The second-order valence-corrected chi connectivity index (χ2v) is 6.20. The van der Waals surface area contributed by atoms with Gasteiger partial charge in [0.05, 0.1) is 19.3 Å². The quantitative estimate of drug-likeness (QED) is 0.763. The molecule has 8 nitrogen and oxygen atoms in total. The fraction of sp³-hybridized carbons (Fsp3) is 0.389. The number of nitrogens with zero attached hydrogens (tertiary/aromatic N) is 2. The first-order chi connectivity index (χ1) is 13.0. The lowest BCUT2D eigenvalue weighted by molar-refractivity contribution is -0.136. The molecule has 2 aromatic rings. The van der Waals surface area contributed by atoms with Crippen molar-refractivity contribution in [2.45, 2.75) is 13.0 Å². The Morgan fingerprint density at radius 3 is 2.56 bits per heavy atom. The average molecular weight is 376 g/mol. The van der Waals surface area contributed by atoms with Crippen molar-refractivity contribution in [3.63, 3.8) is 0 Å². The van der Waals surface area contributed by atoms with E-state index in [1.54, 1.807) is 19.1 Å². The van der Waals surface area contributed by atoms with Crippen molar-refractivity contribution in [1.29, 1.82) is 0 Å². The molecule has 1 unspecified atom stereocenters. The summed E-state index contributed by atoms with van der Waals surface area (Å²) in [7, 11) is 0. The van der Waals surface area contributed by atoms with Crippen LogP contribution in [-0.4, -0.2) is 54.7 Å². The van der Waals surface area contributed by atoms with Crippen LogP contribution in [0.2, 0.25) is 0 Å². The molecule has 1 aromatic carbocycles. The predicted octanol–water partition coefficient (Wildman–Crippen LogP) is 1.25. The predicted molar refractivity (Wildman–Crippen MR) is 94.4 cm³/mol. The van der Waals surface area contributed by atoms with Gasteiger partial charge in [-0.2, -0.15) is 0 Å². The molecule has 1 aromatic heterocycles. The Balaban J connectivity index is 1.63. The smallest absolute Gasteiger partial charge is 0.314 e. The first-order valence-electron chi connectivity index (χ1n) is 8.62. The van der Waals surface area contributed by atoms with Crippen LogP contribution in [0.15, 0.2) is 34.9 Å². The number of hydrogen-bond donors (Lipinski definition) is 2. The molecule has 2 amide bonds. The Bertz CT molecular complexity index is 787. The van der Waals surface area contributed by atoms with E-state index in [1.807, 2.05) is 0 Å². The summed E-state index contributed by atoms with van der Waals surface area (Å²) in [6, 6.07) is 7.44. The Hall–Kier alpha value is -2.78. The number of amides is 2. The SMILES string of the molecule is Cc1cc(NC(=O)C(=O)NCC(c2ccc(F)cc2)N2CCOCC2)no1. The molecule has 0 spiro atoms. The minimum Gasteiger partial charge on any atom is -0.379 e. The van der Waals surface area contributed by atoms with Crippen LogP contribution in [0.5, 0.6) is 0 Å². The third-order valence-electron chi connectivity index (χ3n) is 4.27. The largest absolute Gasteiger partial charge is 0.379 e. The van der Waals surface area contributed by atoms with Gasteiger partial charge in [0.15, 0.2) is 5.82 Å². The number of ether oxygens (including phenoxy) is 1. The summed E-state index contributed by atoms with van der Waals surface area (Å²) in [6.07, 6.45) is 0. The van der Waals surface area contributed by atoms with E-state index in [4.69, 9.17) is 9.26 Å². The van der Waals surface area contributed by atoms with Crippen LogP contribution in [0.1, 0.15) is 17.4 Å². The summed E-state index contributed by atoms with van der Waals surface area (Å²) < 4.78 is 23.5. The number of morpholine rings is 1. The third-order valence-corrected chi connectivity index (χ3v) is 4.27. The highest BCUT2D eigenvalue weighted by Crippen LogP contribution is 2.21. The number of rotatable bonds is 5. The van der Waals surface area contributed by atoms with Crippen LogP contribution in [-0.2, 0) is 14.3 Å². The molecule has 1 aliphatic rings. The minimum absolute atomic E-state index is 0.177. The van der Waals surface area contributed by atoms with E-state index in [9.17, 15) is 14.0 Å². The lowest BCUT2D eigenvalue weighted by Crippen LogP contribution is -2.45. The van der Waals surface area contributed by atoms with Gasteiger partial charge >= 0.3 is 11.8 Å². The van der Waals surface area contributed by atoms with Gasteiger partial charge in [0.1, 0.15) is 11.6 Å². The molecule has 1 fully saturated rings. The molecule has 3 rings (SSSR count). The van der Waals surface area contributed by atoms with Crippen LogP contribution >= 0.6 is 0 Å². The number of anilines is 1. The Morgan fingerprint density at radius 2 is 1.93 bits per heavy atom. The van der Waals surface area contributed by atoms with Gasteiger partial charge in [-0.05, 0) is 24.6 Å². The molecule has 2 N–H and O–H groups in total. The van der Waals surface area contributed by atoms with Crippen molar-refractivity contribution in [3.8, 4) is 0 Å². The van der Waals surface area contributed by atoms with Crippen molar-refractivity contribution in [1.82, 2.24) is 15.4 Å². The van der Waals surface area contributed by atoms with Crippen LogP contribution in [0.3, 0.4) is 0 Å². The van der Waals surface area contributed by atoms with Crippen LogP contribution in [0.4, 0.5) is 10.2 Å². The van der Waals surface area contributed by atoms with Crippen molar-refractivity contribution in [2.24, 2.45) is 0 Å². The lowest BCUT2D eigenvalue weighted by atomic mass is 10.0. The molecule has 0 bridgehead atoms. The average Bonchev–Trinajstić information content (AvgIpc) is 3.08. The standard InChI is InChI=1S/C18H21FN4O4/c1-12-10-16(22-27-12)21-18(25)17(24)20-11-15(23-6-8-26-9-7-23)13-2-4-14(19)5-3-13/h2-5,10,15H,6-9,11H2,1H3,(H,20,24)(H,21,22,25). The van der Waals surface area contributed by atoms with E-state index >= 15 is 0 Å². The summed E-state index contributed by atoms with van der Waals surface area (Å²) in [5.41, 5.74) is 0.853. The highest BCUT2D eigenvalue weighted by atomic mass is 19.1. The zero-order valence-electron chi connectivity index (χ0n) is 14.9. The summed E-state index contributed by atoms with van der Waals surface area (Å²) in [6.45, 7) is 4.41. The molecule has 0 saturated carbocycles. The Kier molecular flexibility index (Phi) is 6.15. The van der Waals surface area contributed by atoms with Crippen molar-refractivity contribution in [2.75, 3.05) is 38.2 Å². The van der Waals surface area contributed by atoms with Gasteiger partial charge in [-0.1, -0.05) is 17.3 Å². The molecule has 1 aliphatic heterocycles. The maximum Gasteiger partial charge on any atom is 0.314 e. The summed E-state index contributed by atoms with van der Waals surface area (Å²) >= 11 is 0. The van der Waals surface area contributed by atoms with E-state index in [0.717, 1.165) is 5.56 Å². The second-order valence-electron chi connectivity index (χ2n) is 6.20. The number of hydrogen-bond acceptors (Lipinski definition) is 6. The normalized spacial score (nSPS) is 15.9. The summed E-state index contributed by atoms with van der Waals surface area (Å²) in [4.78, 5) is 26.3. The maximum atomic E-state index is 13.3. The van der Waals surface area contributed by atoms with Gasteiger partial charge < -0.3 is 14.6 Å². The molecular weight excluding hydrogens is 355 g/mol. The fourth-order valence-corrected chi connectivity index (χ4v) is 2.90. The lowest BCUT2D eigenvalue weighted by Gasteiger charge is -2.34. The first kappa shape index (κ1) is 19.0. The van der Waals surface area contributed by atoms with E-state index in [0.29, 0.717) is 32.1 Å². The van der Waals surface area contributed by atoms with Gasteiger partial charge in [-0.25, -0.2) is 4.39 Å². The molecule has 0 aliphatic carbocycles. The van der Waals surface area contributed by atoms with Crippen LogP contribution < -0.4 is 10.6 Å². The van der Waals surface area contributed by atoms with Gasteiger partial charge in [-0.15, -0.1) is 0 Å². The van der Waals surface area contributed by atoms with Crippen molar-refractivity contribution in [3.05, 3.63) is 47.5 Å². The van der Waals surface area contributed by atoms with E-state index in [-0.39, 0.29) is 24.2 Å². The number of carbonyl (C=O) groups excluding carboxylic acids is 2. The van der Waals surface area contributed by atoms with Crippen molar-refractivity contribution >= 4 is 17.6 Å². The maximum absolute atomic E-state index is 13.3. The van der Waals surface area contributed by atoms with Crippen molar-refractivity contribution < 1.29 is 23.2 Å². The highest BCUT2D eigenvalue weighted by Gasteiger charge is 2.24. The topological polar surface area (TPSA) is 96.7 Å². The highest BCUT2D eigenvalue weighted by molar-refractivity contribution is 6.39. The van der Waals surface area contributed by atoms with Crippen LogP contribution in [0.25, 0.3) is 0 Å². The molecule has 144 valence electrons. The minimum atomic E-state index is -0.830. The molecule has 0 radical (unpaired) electrons. The fourth-order valence-electron chi connectivity index (χ4n) is 2.90. The summed E-state index contributed by atoms with van der Waals surface area (Å²) in [5, 5.41) is 8.63. The molecule has 2 heterocycles. The van der Waals surface area contributed by atoms with Gasteiger partial charge in [-0.3, -0.25) is 19.8 Å². The van der Waals surface area contributed by atoms with Gasteiger partial charge in [0.2, 0.25) is 0 Å². The number of halogens is 1. The zero-order chi connectivity index (χ0) is 19.2. The Labute approximate surface area is 155 Å². The monoisotopic (exact) mass is 376 g/mol. The van der Waals surface area contributed by atoms with Gasteiger partial charge in [0.25, 0.3) is 0 Å². The molecule has 9 heteroatoms. The van der Waals surface area contributed by atoms with Gasteiger partial charge in [0, 0.05) is 25.7 Å². The van der Waals surface area contributed by atoms with Crippen LogP contribution in [0, 0.1) is 12.7 Å². The zero-order valence-corrected chi connectivity index (χ0v) is 14.9. The van der Waals surface area contributed by atoms with E-state index in [2.05, 4.69) is 20.7 Å². The second kappa shape index (κ2) is 8.74. The Morgan fingerprint density at radius 1 is 1.22 bits per heavy atom. The molecule has 27 heavy (non-hydrogen) atoms. The number of aromatic nitrogens is 1. The number of aryl methyl sites for hydroxylation is 1. The number of carbonyl (C=O) groups is 2. The first-order valence-corrected chi connectivity index (χ1v) is 8.62.